The SMILES string of the molecule is CC(=O)C12C(=O)N(C(C)(C)C)CC1C2(C)C. The lowest BCUT2D eigenvalue weighted by molar-refractivity contribution is -0.144. The molecule has 1 aliphatic heterocycles. The predicted octanol–water partition coefficient (Wildman–Crippen LogP) is 1.86. The molecule has 2 rings (SSSR count). The molecule has 3 heteroatoms. The number of Topliss-reactive ketones (excluding diaryl/α,β-unsaturated/α-hetero) is 1. The molecule has 2 aliphatic rings. The summed E-state index contributed by atoms with van der Waals surface area (Å²) >= 11 is 0. The van der Waals surface area contributed by atoms with Crippen molar-refractivity contribution in [2.45, 2.75) is 47.1 Å². The minimum Gasteiger partial charge on any atom is -0.337 e. The molecule has 0 radical (unpaired) electrons. The second-order valence-electron chi connectivity index (χ2n) is 6.73. The third-order valence-electron chi connectivity index (χ3n) is 4.64. The van der Waals surface area contributed by atoms with Gasteiger partial charge in [0.2, 0.25) is 5.91 Å². The molecular formula is C13H21NO2. The number of rotatable bonds is 1. The Balaban J connectivity index is 2.39. The number of carbonyl (C=O) groups is 2. The average Bonchev–Trinajstić information content (AvgIpc) is 2.42. The van der Waals surface area contributed by atoms with Crippen LogP contribution in [0.5, 0.6) is 0 Å². The van der Waals surface area contributed by atoms with Gasteiger partial charge in [-0.1, -0.05) is 13.8 Å². The van der Waals surface area contributed by atoms with Crippen molar-refractivity contribution in [2.75, 3.05) is 6.54 Å². The van der Waals surface area contributed by atoms with Crippen LogP contribution in [0.25, 0.3) is 0 Å². The maximum absolute atomic E-state index is 12.5. The summed E-state index contributed by atoms with van der Waals surface area (Å²) < 4.78 is 0. The highest BCUT2D eigenvalue weighted by atomic mass is 16.2. The summed E-state index contributed by atoms with van der Waals surface area (Å²) in [5.41, 5.74) is -1.03. The Hall–Kier alpha value is -0.860. The van der Waals surface area contributed by atoms with Crippen molar-refractivity contribution in [3.05, 3.63) is 0 Å². The van der Waals surface area contributed by atoms with Gasteiger partial charge in [-0.15, -0.1) is 0 Å². The van der Waals surface area contributed by atoms with E-state index in [1.807, 2.05) is 39.5 Å². The smallest absolute Gasteiger partial charge is 0.237 e. The van der Waals surface area contributed by atoms with Crippen LogP contribution in [0.3, 0.4) is 0 Å². The largest absolute Gasteiger partial charge is 0.337 e. The lowest BCUT2D eigenvalue weighted by Crippen LogP contribution is -2.48. The van der Waals surface area contributed by atoms with E-state index in [-0.39, 0.29) is 28.6 Å². The van der Waals surface area contributed by atoms with Crippen molar-refractivity contribution in [3.63, 3.8) is 0 Å². The zero-order valence-electron chi connectivity index (χ0n) is 11.0. The van der Waals surface area contributed by atoms with Crippen LogP contribution < -0.4 is 0 Å². The molecule has 90 valence electrons. The Kier molecular flexibility index (Phi) is 1.95. The number of hydrogen-bond donors (Lipinski definition) is 0. The topological polar surface area (TPSA) is 37.4 Å². The van der Waals surface area contributed by atoms with Crippen LogP contribution >= 0.6 is 0 Å². The molecule has 0 bridgehead atoms. The molecule has 1 amide bonds. The van der Waals surface area contributed by atoms with Crippen molar-refractivity contribution >= 4 is 11.7 Å². The molecule has 2 atom stereocenters. The maximum atomic E-state index is 12.5. The van der Waals surface area contributed by atoms with Gasteiger partial charge in [0, 0.05) is 18.0 Å². The molecule has 0 aromatic rings. The third kappa shape index (κ3) is 0.994. The molecule has 1 saturated carbocycles. The van der Waals surface area contributed by atoms with Gasteiger partial charge in [-0.05, 0) is 33.1 Å². The highest BCUT2D eigenvalue weighted by molar-refractivity contribution is 6.12. The predicted molar refractivity (Wildman–Crippen MR) is 61.9 cm³/mol. The normalized spacial score (nSPS) is 36.2. The lowest BCUT2D eigenvalue weighted by atomic mass is 9.89. The minimum atomic E-state index is -0.708. The first-order valence-corrected chi connectivity index (χ1v) is 5.91. The zero-order chi connectivity index (χ0) is 12.5. The van der Waals surface area contributed by atoms with E-state index in [1.165, 1.54) is 0 Å². The molecule has 1 heterocycles. The van der Waals surface area contributed by atoms with Crippen molar-refractivity contribution in [1.29, 1.82) is 0 Å². The lowest BCUT2D eigenvalue weighted by Gasteiger charge is -2.36. The summed E-state index contributed by atoms with van der Waals surface area (Å²) in [5.74, 6) is 0.297. The number of nitrogens with zero attached hydrogens (tertiary/aromatic N) is 1. The first kappa shape index (κ1) is 11.6. The summed E-state index contributed by atoms with van der Waals surface area (Å²) in [6.07, 6.45) is 0. The van der Waals surface area contributed by atoms with Gasteiger partial charge in [0.25, 0.3) is 0 Å². The molecule has 1 aliphatic carbocycles. The molecule has 3 nitrogen and oxygen atoms in total. The Labute approximate surface area is 97.2 Å². The van der Waals surface area contributed by atoms with Crippen molar-refractivity contribution < 1.29 is 9.59 Å². The first-order valence-electron chi connectivity index (χ1n) is 5.91. The number of likely N-dealkylation sites (tertiary alicyclic amines) is 1. The second-order valence-corrected chi connectivity index (χ2v) is 6.73. The number of carbonyl (C=O) groups excluding carboxylic acids is 2. The summed E-state index contributed by atoms with van der Waals surface area (Å²) in [6.45, 7) is 12.4. The van der Waals surface area contributed by atoms with E-state index < -0.39 is 5.41 Å². The van der Waals surface area contributed by atoms with Gasteiger partial charge < -0.3 is 4.90 Å². The van der Waals surface area contributed by atoms with Crippen LogP contribution in [-0.4, -0.2) is 28.7 Å². The van der Waals surface area contributed by atoms with Crippen LogP contribution in [0.1, 0.15) is 41.5 Å². The van der Waals surface area contributed by atoms with Crippen LogP contribution in [-0.2, 0) is 9.59 Å². The molecule has 0 aromatic carbocycles. The van der Waals surface area contributed by atoms with Gasteiger partial charge in [-0.2, -0.15) is 0 Å². The third-order valence-corrected chi connectivity index (χ3v) is 4.64. The molecule has 0 spiro atoms. The van der Waals surface area contributed by atoms with Gasteiger partial charge in [-0.3, -0.25) is 9.59 Å². The van der Waals surface area contributed by atoms with E-state index in [2.05, 4.69) is 0 Å². The Morgan fingerprint density at radius 2 is 1.88 bits per heavy atom. The number of amides is 1. The van der Waals surface area contributed by atoms with Crippen LogP contribution in [0.15, 0.2) is 0 Å². The fourth-order valence-electron chi connectivity index (χ4n) is 3.57. The molecule has 2 fully saturated rings. The summed E-state index contributed by atoms with van der Waals surface area (Å²) in [6, 6.07) is 0. The first-order chi connectivity index (χ1) is 7.08. The maximum Gasteiger partial charge on any atom is 0.237 e. The molecule has 16 heavy (non-hydrogen) atoms. The number of hydrogen-bond acceptors (Lipinski definition) is 2. The quantitative estimate of drug-likeness (QED) is 0.636. The van der Waals surface area contributed by atoms with Gasteiger partial charge in [0.05, 0.1) is 0 Å². The van der Waals surface area contributed by atoms with Gasteiger partial charge >= 0.3 is 0 Å². The zero-order valence-corrected chi connectivity index (χ0v) is 11.0. The van der Waals surface area contributed by atoms with Crippen LogP contribution in [0, 0.1) is 16.7 Å². The molecule has 0 N–H and O–H groups in total. The number of ketones is 1. The average molecular weight is 223 g/mol. The second kappa shape index (κ2) is 2.69. The van der Waals surface area contributed by atoms with Crippen molar-refractivity contribution in [1.82, 2.24) is 4.90 Å². The van der Waals surface area contributed by atoms with E-state index in [1.54, 1.807) is 6.92 Å². The van der Waals surface area contributed by atoms with Crippen molar-refractivity contribution in [3.8, 4) is 0 Å². The Morgan fingerprint density at radius 3 is 2.19 bits per heavy atom. The fraction of sp³-hybridized carbons (Fsp3) is 0.846. The van der Waals surface area contributed by atoms with Gasteiger partial charge in [0.15, 0.2) is 0 Å². The highest BCUT2D eigenvalue weighted by Gasteiger charge is 2.82. The Bertz CT molecular complexity index is 378. The van der Waals surface area contributed by atoms with E-state index in [0.29, 0.717) is 0 Å². The monoisotopic (exact) mass is 223 g/mol. The molecule has 2 unspecified atom stereocenters. The van der Waals surface area contributed by atoms with Crippen LogP contribution in [0.4, 0.5) is 0 Å². The molecule has 0 aromatic heterocycles. The molecular weight excluding hydrogens is 202 g/mol. The fourth-order valence-corrected chi connectivity index (χ4v) is 3.57. The van der Waals surface area contributed by atoms with E-state index in [0.717, 1.165) is 6.54 Å². The highest BCUT2D eigenvalue weighted by Crippen LogP contribution is 2.73. The van der Waals surface area contributed by atoms with Crippen molar-refractivity contribution in [2.24, 2.45) is 16.7 Å². The minimum absolute atomic E-state index is 0.0410. The summed E-state index contributed by atoms with van der Waals surface area (Å²) in [7, 11) is 0. The van der Waals surface area contributed by atoms with Crippen LogP contribution in [0.2, 0.25) is 0 Å². The number of fused-ring (bicyclic) bond motifs is 1. The summed E-state index contributed by atoms with van der Waals surface area (Å²) in [4.78, 5) is 26.2. The van der Waals surface area contributed by atoms with Gasteiger partial charge in [-0.25, -0.2) is 0 Å². The molecule has 1 saturated heterocycles. The Morgan fingerprint density at radius 1 is 1.38 bits per heavy atom. The summed E-state index contributed by atoms with van der Waals surface area (Å²) in [5, 5.41) is 0. The van der Waals surface area contributed by atoms with E-state index in [9.17, 15) is 9.59 Å². The van der Waals surface area contributed by atoms with E-state index >= 15 is 0 Å². The van der Waals surface area contributed by atoms with E-state index in [4.69, 9.17) is 0 Å². The number of piperidine rings is 1. The van der Waals surface area contributed by atoms with Gasteiger partial charge in [0.1, 0.15) is 11.2 Å². The standard InChI is InChI=1S/C13H21NO2/c1-8(15)13-9(12(13,5)6)7-14(10(13)16)11(2,3)4/h9H,7H2,1-6H3.